The molecule has 0 unspecified atom stereocenters. The van der Waals surface area contributed by atoms with E-state index in [1.54, 1.807) is 13.8 Å². The van der Waals surface area contributed by atoms with Gasteiger partial charge in [0.1, 0.15) is 5.82 Å². The van der Waals surface area contributed by atoms with Crippen molar-refractivity contribution in [2.45, 2.75) is 56.9 Å². The molecule has 1 aromatic rings. The molecular formula is C14H21FN2O2S. The lowest BCUT2D eigenvalue weighted by Crippen LogP contribution is -2.36. The number of benzene rings is 1. The van der Waals surface area contributed by atoms with E-state index in [1.807, 2.05) is 0 Å². The number of hydrogen-bond donors (Lipinski definition) is 2. The summed E-state index contributed by atoms with van der Waals surface area (Å²) in [5.41, 5.74) is 6.19. The molecule has 0 saturated heterocycles. The van der Waals surface area contributed by atoms with Crippen LogP contribution < -0.4 is 10.5 Å². The Balaban J connectivity index is 2.36. The van der Waals surface area contributed by atoms with Crippen molar-refractivity contribution < 1.29 is 12.8 Å². The molecule has 2 rings (SSSR count). The maximum Gasteiger partial charge on any atom is 0.241 e. The van der Waals surface area contributed by atoms with Gasteiger partial charge in [0.15, 0.2) is 0 Å². The predicted octanol–water partition coefficient (Wildman–Crippen LogP) is 2.64. The van der Waals surface area contributed by atoms with Gasteiger partial charge in [-0.25, -0.2) is 17.5 Å². The van der Waals surface area contributed by atoms with E-state index >= 15 is 0 Å². The number of hydrogen-bond acceptors (Lipinski definition) is 3. The van der Waals surface area contributed by atoms with Gasteiger partial charge in [0.2, 0.25) is 10.0 Å². The number of aryl methyl sites for hydroxylation is 1. The lowest BCUT2D eigenvalue weighted by Gasteiger charge is -2.24. The summed E-state index contributed by atoms with van der Waals surface area (Å²) in [5.74, 6) is -0.573. The van der Waals surface area contributed by atoms with Crippen molar-refractivity contribution in [3.8, 4) is 0 Å². The van der Waals surface area contributed by atoms with Crippen molar-refractivity contribution in [1.29, 1.82) is 0 Å². The van der Waals surface area contributed by atoms with Crippen LogP contribution in [0.15, 0.2) is 11.0 Å². The average molecular weight is 300 g/mol. The van der Waals surface area contributed by atoms with Crippen LogP contribution in [-0.4, -0.2) is 14.5 Å². The molecule has 1 saturated carbocycles. The highest BCUT2D eigenvalue weighted by molar-refractivity contribution is 7.89. The Hall–Kier alpha value is -1.14. The Morgan fingerprint density at radius 3 is 2.45 bits per heavy atom. The van der Waals surface area contributed by atoms with Crippen LogP contribution in [-0.2, 0) is 10.0 Å². The fourth-order valence-corrected chi connectivity index (χ4v) is 4.63. The minimum Gasteiger partial charge on any atom is -0.396 e. The average Bonchev–Trinajstić information content (AvgIpc) is 2.36. The van der Waals surface area contributed by atoms with Crippen LogP contribution in [0, 0.1) is 19.7 Å². The number of halogens is 1. The first-order chi connectivity index (χ1) is 9.33. The van der Waals surface area contributed by atoms with Gasteiger partial charge in [-0.15, -0.1) is 0 Å². The molecule has 4 nitrogen and oxygen atoms in total. The van der Waals surface area contributed by atoms with E-state index in [0.717, 1.165) is 32.1 Å². The van der Waals surface area contributed by atoms with Crippen LogP contribution in [0.1, 0.15) is 43.2 Å². The third-order valence-corrected chi connectivity index (χ3v) is 5.71. The molecule has 0 amide bonds. The SMILES string of the molecule is Cc1cc(F)c(N)c(C)c1S(=O)(=O)NC1CCCCC1. The maximum absolute atomic E-state index is 13.5. The summed E-state index contributed by atoms with van der Waals surface area (Å²) in [4.78, 5) is 0.113. The summed E-state index contributed by atoms with van der Waals surface area (Å²) in [5, 5.41) is 0. The lowest BCUT2D eigenvalue weighted by molar-refractivity contribution is 0.412. The molecule has 1 fully saturated rings. The van der Waals surface area contributed by atoms with Crippen LogP contribution >= 0.6 is 0 Å². The van der Waals surface area contributed by atoms with Crippen LogP contribution in [0.25, 0.3) is 0 Å². The molecular weight excluding hydrogens is 279 g/mol. The van der Waals surface area contributed by atoms with Gasteiger partial charge in [-0.1, -0.05) is 19.3 Å². The molecule has 3 N–H and O–H groups in total. The Morgan fingerprint density at radius 1 is 1.25 bits per heavy atom. The second-order valence-electron chi connectivity index (χ2n) is 5.50. The molecule has 0 atom stereocenters. The number of anilines is 1. The van der Waals surface area contributed by atoms with Gasteiger partial charge < -0.3 is 5.73 Å². The Labute approximate surface area is 119 Å². The zero-order chi connectivity index (χ0) is 14.9. The first-order valence-electron chi connectivity index (χ1n) is 6.90. The molecule has 0 aromatic heterocycles. The Morgan fingerprint density at radius 2 is 1.85 bits per heavy atom. The van der Waals surface area contributed by atoms with E-state index in [9.17, 15) is 12.8 Å². The molecule has 6 heteroatoms. The standard InChI is InChI=1S/C14H21FN2O2S/c1-9-8-12(15)13(16)10(2)14(9)20(18,19)17-11-6-4-3-5-7-11/h8,11,17H,3-7,16H2,1-2H3. The third kappa shape index (κ3) is 2.96. The van der Waals surface area contributed by atoms with Crippen molar-refractivity contribution in [3.05, 3.63) is 23.0 Å². The summed E-state index contributed by atoms with van der Waals surface area (Å²) in [6.45, 7) is 3.13. The molecule has 20 heavy (non-hydrogen) atoms. The Bertz CT molecular complexity index is 608. The number of rotatable bonds is 3. The third-order valence-electron chi connectivity index (χ3n) is 3.90. The first kappa shape index (κ1) is 15.3. The topological polar surface area (TPSA) is 72.2 Å². The van der Waals surface area contributed by atoms with Crippen molar-refractivity contribution in [1.82, 2.24) is 4.72 Å². The molecule has 0 aliphatic heterocycles. The second kappa shape index (κ2) is 5.69. The fourth-order valence-electron chi connectivity index (χ4n) is 2.84. The van der Waals surface area contributed by atoms with Gasteiger partial charge >= 0.3 is 0 Å². The highest BCUT2D eigenvalue weighted by Crippen LogP contribution is 2.28. The number of nitrogens with two attached hydrogens (primary N) is 1. The normalized spacial score (nSPS) is 17.4. The maximum atomic E-state index is 13.5. The fraction of sp³-hybridized carbons (Fsp3) is 0.571. The monoisotopic (exact) mass is 300 g/mol. The van der Waals surface area contributed by atoms with E-state index in [-0.39, 0.29) is 22.2 Å². The number of nitrogen functional groups attached to an aromatic ring is 1. The summed E-state index contributed by atoms with van der Waals surface area (Å²) in [6.07, 6.45) is 4.94. The van der Waals surface area contributed by atoms with E-state index < -0.39 is 15.8 Å². The van der Waals surface area contributed by atoms with Gasteiger partial charge in [0, 0.05) is 6.04 Å². The zero-order valence-electron chi connectivity index (χ0n) is 11.9. The van der Waals surface area contributed by atoms with Gasteiger partial charge in [-0.3, -0.25) is 0 Å². The smallest absolute Gasteiger partial charge is 0.241 e. The molecule has 0 heterocycles. The molecule has 1 aliphatic rings. The summed E-state index contributed by atoms with van der Waals surface area (Å²) >= 11 is 0. The quantitative estimate of drug-likeness (QED) is 0.843. The highest BCUT2D eigenvalue weighted by atomic mass is 32.2. The van der Waals surface area contributed by atoms with E-state index in [1.165, 1.54) is 6.07 Å². The van der Waals surface area contributed by atoms with E-state index in [2.05, 4.69) is 4.72 Å². The molecule has 1 aromatic carbocycles. The largest absolute Gasteiger partial charge is 0.396 e. The second-order valence-corrected chi connectivity index (χ2v) is 7.15. The van der Waals surface area contributed by atoms with Gasteiger partial charge in [-0.05, 0) is 43.9 Å². The van der Waals surface area contributed by atoms with Crippen molar-refractivity contribution in [2.75, 3.05) is 5.73 Å². The van der Waals surface area contributed by atoms with E-state index in [0.29, 0.717) is 5.56 Å². The van der Waals surface area contributed by atoms with Crippen LogP contribution in [0.5, 0.6) is 0 Å². The van der Waals surface area contributed by atoms with Crippen LogP contribution in [0.4, 0.5) is 10.1 Å². The van der Waals surface area contributed by atoms with Crippen LogP contribution in [0.3, 0.4) is 0 Å². The lowest BCUT2D eigenvalue weighted by atomic mass is 9.96. The van der Waals surface area contributed by atoms with Crippen LogP contribution in [0.2, 0.25) is 0 Å². The van der Waals surface area contributed by atoms with Crippen molar-refractivity contribution >= 4 is 15.7 Å². The zero-order valence-corrected chi connectivity index (χ0v) is 12.7. The molecule has 0 radical (unpaired) electrons. The van der Waals surface area contributed by atoms with Crippen molar-refractivity contribution in [3.63, 3.8) is 0 Å². The Kier molecular flexibility index (Phi) is 4.34. The molecule has 112 valence electrons. The summed E-state index contributed by atoms with van der Waals surface area (Å²) in [6, 6.07) is 1.15. The molecule has 0 bridgehead atoms. The molecule has 0 spiro atoms. The number of nitrogens with one attached hydrogen (secondary N) is 1. The summed E-state index contributed by atoms with van der Waals surface area (Å²) < 4.78 is 41.3. The predicted molar refractivity (Wildman–Crippen MR) is 77.5 cm³/mol. The van der Waals surface area contributed by atoms with Gasteiger partial charge in [-0.2, -0.15) is 0 Å². The molecule has 1 aliphatic carbocycles. The minimum absolute atomic E-state index is 0.0289. The van der Waals surface area contributed by atoms with Gasteiger partial charge in [0.25, 0.3) is 0 Å². The van der Waals surface area contributed by atoms with Gasteiger partial charge in [0.05, 0.1) is 10.6 Å². The minimum atomic E-state index is -3.66. The van der Waals surface area contributed by atoms with E-state index in [4.69, 9.17) is 5.73 Å². The first-order valence-corrected chi connectivity index (χ1v) is 8.38. The van der Waals surface area contributed by atoms with Crippen molar-refractivity contribution in [2.24, 2.45) is 0 Å². The highest BCUT2D eigenvalue weighted by Gasteiger charge is 2.26. The summed E-state index contributed by atoms with van der Waals surface area (Å²) in [7, 11) is -3.66. The number of sulfonamides is 1.